The van der Waals surface area contributed by atoms with Crippen LogP contribution >= 0.6 is 11.6 Å². The van der Waals surface area contributed by atoms with Crippen molar-refractivity contribution in [2.45, 2.75) is 25.3 Å². The third-order valence-electron chi connectivity index (χ3n) is 5.18. The second kappa shape index (κ2) is 6.76. The van der Waals surface area contributed by atoms with Crippen LogP contribution in [0, 0.1) is 11.7 Å². The number of rotatable bonds is 3. The first-order chi connectivity index (χ1) is 12.6. The molecule has 2 aromatic rings. The van der Waals surface area contributed by atoms with Crippen molar-refractivity contribution in [1.29, 1.82) is 0 Å². The van der Waals surface area contributed by atoms with Gasteiger partial charge in [0.05, 0.1) is 18.2 Å². The lowest BCUT2D eigenvalue weighted by atomic mass is 9.76. The summed E-state index contributed by atoms with van der Waals surface area (Å²) < 4.78 is 19.6. The summed E-state index contributed by atoms with van der Waals surface area (Å²) in [6.45, 7) is 2.13. The largest absolute Gasteiger partial charge is 0.462 e. The summed E-state index contributed by atoms with van der Waals surface area (Å²) in [5, 5.41) is 3.88. The predicted octanol–water partition coefficient (Wildman–Crippen LogP) is 5.48. The van der Waals surface area contributed by atoms with Crippen molar-refractivity contribution in [3.8, 4) is 0 Å². The maximum atomic E-state index is 14.5. The molecule has 1 N–H and O–H groups in total. The van der Waals surface area contributed by atoms with Gasteiger partial charge < -0.3 is 10.1 Å². The molecule has 4 rings (SSSR count). The normalized spacial score (nSPS) is 23.1. The second-order valence-corrected chi connectivity index (χ2v) is 7.04. The zero-order valence-electron chi connectivity index (χ0n) is 14.3. The lowest BCUT2D eigenvalue weighted by Gasteiger charge is -2.38. The third kappa shape index (κ3) is 2.78. The Bertz CT molecular complexity index is 875. The molecule has 0 fully saturated rings. The van der Waals surface area contributed by atoms with Crippen molar-refractivity contribution in [2.24, 2.45) is 5.92 Å². The van der Waals surface area contributed by atoms with E-state index in [0.29, 0.717) is 22.8 Å². The van der Waals surface area contributed by atoms with Gasteiger partial charge in [-0.3, -0.25) is 0 Å². The number of carbonyl (C=O) groups excluding carboxylic acids is 1. The molecule has 1 heterocycles. The van der Waals surface area contributed by atoms with E-state index in [9.17, 15) is 9.18 Å². The molecule has 0 spiro atoms. The molecule has 3 atom stereocenters. The van der Waals surface area contributed by atoms with Crippen LogP contribution in [0.4, 0.5) is 10.1 Å². The van der Waals surface area contributed by atoms with E-state index in [0.717, 1.165) is 17.7 Å². The summed E-state index contributed by atoms with van der Waals surface area (Å²) in [7, 11) is 0. The molecule has 0 aromatic heterocycles. The molecule has 134 valence electrons. The molecule has 0 saturated heterocycles. The number of benzene rings is 2. The van der Waals surface area contributed by atoms with Crippen LogP contribution in [0.2, 0.25) is 5.02 Å². The molecular formula is C21H19ClFNO2. The summed E-state index contributed by atoms with van der Waals surface area (Å²) in [5.41, 5.74) is 2.98. The van der Waals surface area contributed by atoms with Crippen LogP contribution in [0.25, 0.3) is 0 Å². The highest BCUT2D eigenvalue weighted by Gasteiger charge is 2.40. The van der Waals surface area contributed by atoms with E-state index < -0.39 is 0 Å². The van der Waals surface area contributed by atoms with Gasteiger partial charge in [0.2, 0.25) is 0 Å². The summed E-state index contributed by atoms with van der Waals surface area (Å²) in [6.07, 6.45) is 5.09. The van der Waals surface area contributed by atoms with E-state index >= 15 is 0 Å². The zero-order chi connectivity index (χ0) is 18.3. The van der Waals surface area contributed by atoms with E-state index in [4.69, 9.17) is 16.3 Å². The highest BCUT2D eigenvalue weighted by atomic mass is 35.5. The molecule has 0 radical (unpaired) electrons. The number of halogens is 2. The third-order valence-corrected chi connectivity index (χ3v) is 5.51. The van der Waals surface area contributed by atoms with E-state index in [1.54, 1.807) is 25.1 Å². The van der Waals surface area contributed by atoms with Crippen LogP contribution in [-0.4, -0.2) is 12.6 Å². The minimum atomic E-state index is -0.326. The van der Waals surface area contributed by atoms with Gasteiger partial charge in [-0.2, -0.15) is 0 Å². The van der Waals surface area contributed by atoms with E-state index in [1.165, 1.54) is 6.07 Å². The number of anilines is 1. The standard InChI is InChI=1S/C21H19ClFNO2/c1-2-26-21(25)12-9-10-18-15(11-12)13-5-3-6-14(13)20(24-18)19-16(22)7-4-8-17(19)23/h3-5,7-11,13-14,20,24H,2,6H2,1H3/t13-,14+,20-/m1/s1. The van der Waals surface area contributed by atoms with Gasteiger partial charge in [0.15, 0.2) is 0 Å². The molecule has 3 nitrogen and oxygen atoms in total. The molecule has 2 aliphatic rings. The van der Waals surface area contributed by atoms with Crippen LogP contribution < -0.4 is 5.32 Å². The molecule has 0 bridgehead atoms. The van der Waals surface area contributed by atoms with Crippen LogP contribution in [0.3, 0.4) is 0 Å². The Labute approximate surface area is 156 Å². The Balaban J connectivity index is 1.76. The van der Waals surface area contributed by atoms with Crippen LogP contribution in [0.15, 0.2) is 48.6 Å². The molecule has 0 unspecified atom stereocenters. The lowest BCUT2D eigenvalue weighted by molar-refractivity contribution is 0.0526. The van der Waals surface area contributed by atoms with Gasteiger partial charge in [0, 0.05) is 22.2 Å². The van der Waals surface area contributed by atoms with E-state index in [-0.39, 0.29) is 29.7 Å². The Morgan fingerprint density at radius 1 is 1.35 bits per heavy atom. The van der Waals surface area contributed by atoms with Gasteiger partial charge in [0.1, 0.15) is 5.82 Å². The Kier molecular flexibility index (Phi) is 4.45. The van der Waals surface area contributed by atoms with Crippen LogP contribution in [0.1, 0.15) is 46.8 Å². The van der Waals surface area contributed by atoms with Gasteiger partial charge in [0.25, 0.3) is 0 Å². The first-order valence-electron chi connectivity index (χ1n) is 8.78. The minimum Gasteiger partial charge on any atom is -0.462 e. The Hall–Kier alpha value is -2.33. The van der Waals surface area contributed by atoms with Crippen molar-refractivity contribution in [3.05, 3.63) is 76.1 Å². The van der Waals surface area contributed by atoms with E-state index in [1.807, 2.05) is 12.1 Å². The summed E-state index contributed by atoms with van der Waals surface area (Å²) in [5.74, 6) is -0.365. The molecule has 0 saturated carbocycles. The van der Waals surface area contributed by atoms with Crippen molar-refractivity contribution in [1.82, 2.24) is 0 Å². The number of ether oxygens (including phenoxy) is 1. The maximum Gasteiger partial charge on any atom is 0.338 e. The monoisotopic (exact) mass is 371 g/mol. The number of fused-ring (bicyclic) bond motifs is 3. The first-order valence-corrected chi connectivity index (χ1v) is 9.16. The molecule has 1 aliphatic carbocycles. The molecular weight excluding hydrogens is 353 g/mol. The maximum absolute atomic E-state index is 14.5. The SMILES string of the molecule is CCOC(=O)c1ccc2c(c1)[C@@H]1C=CC[C@@H]1[C@H](c1c(F)cccc1Cl)N2. The van der Waals surface area contributed by atoms with Crippen molar-refractivity contribution in [3.63, 3.8) is 0 Å². The van der Waals surface area contributed by atoms with Crippen molar-refractivity contribution >= 4 is 23.3 Å². The average molecular weight is 372 g/mol. The second-order valence-electron chi connectivity index (χ2n) is 6.63. The molecule has 1 aliphatic heterocycles. The van der Waals surface area contributed by atoms with E-state index in [2.05, 4.69) is 17.5 Å². The molecule has 2 aromatic carbocycles. The predicted molar refractivity (Wildman–Crippen MR) is 100 cm³/mol. The average Bonchev–Trinajstić information content (AvgIpc) is 3.11. The number of nitrogens with one attached hydrogen (secondary N) is 1. The summed E-state index contributed by atoms with van der Waals surface area (Å²) in [6, 6.07) is 10.1. The highest BCUT2D eigenvalue weighted by Crippen LogP contribution is 2.51. The quantitative estimate of drug-likeness (QED) is 0.573. The zero-order valence-corrected chi connectivity index (χ0v) is 15.1. The number of esters is 1. The fraction of sp³-hybridized carbons (Fsp3) is 0.286. The van der Waals surface area contributed by atoms with Crippen molar-refractivity contribution < 1.29 is 13.9 Å². The Morgan fingerprint density at radius 2 is 2.19 bits per heavy atom. The van der Waals surface area contributed by atoms with Gasteiger partial charge in [-0.25, -0.2) is 9.18 Å². The lowest BCUT2D eigenvalue weighted by Crippen LogP contribution is -2.30. The number of carbonyl (C=O) groups is 1. The molecule has 5 heteroatoms. The number of allylic oxidation sites excluding steroid dienone is 2. The minimum absolute atomic E-state index is 0.112. The van der Waals surface area contributed by atoms with Crippen molar-refractivity contribution in [2.75, 3.05) is 11.9 Å². The number of hydrogen-bond donors (Lipinski definition) is 1. The van der Waals surface area contributed by atoms with Crippen LogP contribution in [0.5, 0.6) is 0 Å². The number of hydrogen-bond acceptors (Lipinski definition) is 3. The van der Waals surface area contributed by atoms with Gasteiger partial charge >= 0.3 is 5.97 Å². The van der Waals surface area contributed by atoms with Crippen LogP contribution in [-0.2, 0) is 4.74 Å². The van der Waals surface area contributed by atoms with Gasteiger partial charge in [-0.05, 0) is 55.2 Å². The smallest absolute Gasteiger partial charge is 0.338 e. The Morgan fingerprint density at radius 3 is 2.96 bits per heavy atom. The van der Waals surface area contributed by atoms with Gasteiger partial charge in [-0.1, -0.05) is 29.8 Å². The fourth-order valence-corrected chi connectivity index (χ4v) is 4.31. The topological polar surface area (TPSA) is 38.3 Å². The first kappa shape index (κ1) is 17.1. The van der Waals surface area contributed by atoms with Gasteiger partial charge in [-0.15, -0.1) is 0 Å². The fourth-order valence-electron chi connectivity index (χ4n) is 4.03. The molecule has 26 heavy (non-hydrogen) atoms. The summed E-state index contributed by atoms with van der Waals surface area (Å²) >= 11 is 6.32. The molecule has 0 amide bonds. The highest BCUT2D eigenvalue weighted by molar-refractivity contribution is 6.31. The summed E-state index contributed by atoms with van der Waals surface area (Å²) in [4.78, 5) is 12.1.